The molecule has 2 N–H and O–H groups in total. The highest BCUT2D eigenvalue weighted by atomic mass is 32.2. The average molecular weight is 494 g/mol. The minimum atomic E-state index is -3.77. The maximum Gasteiger partial charge on any atom is 0.253 e. The van der Waals surface area contributed by atoms with E-state index in [2.05, 4.69) is 10.6 Å². The Bertz CT molecular complexity index is 1300. The van der Waals surface area contributed by atoms with Crippen molar-refractivity contribution in [2.24, 2.45) is 0 Å². The van der Waals surface area contributed by atoms with Crippen LogP contribution in [0.4, 0.5) is 11.4 Å². The highest BCUT2D eigenvalue weighted by Gasteiger charge is 2.30. The third kappa shape index (κ3) is 6.48. The normalized spacial score (nSPS) is 12.9. The van der Waals surface area contributed by atoms with Gasteiger partial charge in [0.15, 0.2) is 0 Å². The highest BCUT2D eigenvalue weighted by molar-refractivity contribution is 7.92. The van der Waals surface area contributed by atoms with Gasteiger partial charge in [0, 0.05) is 0 Å². The topological polar surface area (TPSA) is 95.6 Å². The summed E-state index contributed by atoms with van der Waals surface area (Å²) in [6.07, 6.45) is 1.07. The Hall–Kier alpha value is -3.65. The third-order valence-electron chi connectivity index (χ3n) is 5.63. The number of nitrogens with zero attached hydrogens (tertiary/aromatic N) is 1. The molecule has 0 aliphatic rings. The molecule has 0 heterocycles. The molecule has 0 saturated heterocycles. The molecule has 184 valence electrons. The summed E-state index contributed by atoms with van der Waals surface area (Å²) in [7, 11) is -3.77. The van der Waals surface area contributed by atoms with Crippen LogP contribution in [0, 0.1) is 13.8 Å². The molecule has 0 spiro atoms. The van der Waals surface area contributed by atoms with E-state index in [0.717, 1.165) is 27.3 Å². The largest absolute Gasteiger partial charge is 0.345 e. The molecule has 0 aliphatic carbocycles. The van der Waals surface area contributed by atoms with Crippen LogP contribution in [0.3, 0.4) is 0 Å². The SMILES string of the molecule is Cc1cc(C)cc(N([C@H](C)C(=O)Nc2ccccc2C(=O)N[C@@H](C)c2ccccc2)S(C)(=O)=O)c1. The van der Waals surface area contributed by atoms with E-state index in [1.165, 1.54) is 6.92 Å². The summed E-state index contributed by atoms with van der Waals surface area (Å²) in [5.74, 6) is -0.898. The fourth-order valence-electron chi connectivity index (χ4n) is 4.01. The van der Waals surface area contributed by atoms with Crippen LogP contribution < -0.4 is 14.9 Å². The zero-order valence-electron chi connectivity index (χ0n) is 20.6. The number of amides is 2. The van der Waals surface area contributed by atoms with E-state index in [1.807, 2.05) is 57.2 Å². The molecule has 2 amide bonds. The van der Waals surface area contributed by atoms with Crippen molar-refractivity contribution in [3.63, 3.8) is 0 Å². The Balaban J connectivity index is 1.84. The van der Waals surface area contributed by atoms with E-state index < -0.39 is 22.0 Å². The smallest absolute Gasteiger partial charge is 0.253 e. The van der Waals surface area contributed by atoms with E-state index in [4.69, 9.17) is 0 Å². The Morgan fingerprint density at radius 2 is 1.43 bits per heavy atom. The van der Waals surface area contributed by atoms with Gasteiger partial charge in [-0.3, -0.25) is 13.9 Å². The van der Waals surface area contributed by atoms with E-state index in [0.29, 0.717) is 11.4 Å². The van der Waals surface area contributed by atoms with E-state index in [1.54, 1.807) is 36.4 Å². The summed E-state index contributed by atoms with van der Waals surface area (Å²) in [5, 5.41) is 5.69. The summed E-state index contributed by atoms with van der Waals surface area (Å²) >= 11 is 0. The molecular formula is C27H31N3O4S. The number of benzene rings is 3. The number of carbonyl (C=O) groups excluding carboxylic acids is 2. The number of para-hydroxylation sites is 1. The zero-order valence-corrected chi connectivity index (χ0v) is 21.4. The molecule has 7 nitrogen and oxygen atoms in total. The van der Waals surface area contributed by atoms with Gasteiger partial charge in [0.25, 0.3) is 5.91 Å². The van der Waals surface area contributed by atoms with Crippen LogP contribution in [0.5, 0.6) is 0 Å². The Morgan fingerprint density at radius 1 is 0.857 bits per heavy atom. The standard InChI is InChI=1S/C27H31N3O4S/c1-18-15-19(2)17-23(16-18)30(35(5,33)34)21(4)26(31)29-25-14-10-9-13-24(25)27(32)28-20(3)22-11-7-6-8-12-22/h6-17,20-21H,1-5H3,(H,28,32)(H,29,31)/t20-,21+/m0/s1. The number of aryl methyl sites for hydroxylation is 2. The average Bonchev–Trinajstić information content (AvgIpc) is 2.78. The predicted octanol–water partition coefficient (Wildman–Crippen LogP) is 4.59. The minimum absolute atomic E-state index is 0.239. The summed E-state index contributed by atoms with van der Waals surface area (Å²) in [6.45, 7) is 7.14. The van der Waals surface area contributed by atoms with E-state index >= 15 is 0 Å². The monoisotopic (exact) mass is 493 g/mol. The maximum absolute atomic E-state index is 13.2. The Morgan fingerprint density at radius 3 is 2.03 bits per heavy atom. The third-order valence-corrected chi connectivity index (χ3v) is 6.87. The van der Waals surface area contributed by atoms with Gasteiger partial charge in [0.05, 0.1) is 29.2 Å². The Labute approximate surface area is 207 Å². The lowest BCUT2D eigenvalue weighted by Crippen LogP contribution is -2.45. The number of anilines is 2. The van der Waals surface area contributed by atoms with Crippen LogP contribution in [0.2, 0.25) is 0 Å². The quantitative estimate of drug-likeness (QED) is 0.480. The first-order chi connectivity index (χ1) is 16.5. The second-order valence-corrected chi connectivity index (χ2v) is 10.6. The molecule has 0 radical (unpaired) electrons. The van der Waals surface area contributed by atoms with Gasteiger partial charge in [-0.1, -0.05) is 48.5 Å². The van der Waals surface area contributed by atoms with Crippen LogP contribution in [0.25, 0.3) is 0 Å². The van der Waals surface area contributed by atoms with Gasteiger partial charge in [-0.15, -0.1) is 0 Å². The molecule has 35 heavy (non-hydrogen) atoms. The Kier molecular flexibility index (Phi) is 7.96. The zero-order chi connectivity index (χ0) is 25.8. The van der Waals surface area contributed by atoms with Gasteiger partial charge in [-0.2, -0.15) is 0 Å². The second kappa shape index (κ2) is 10.7. The van der Waals surface area contributed by atoms with Crippen molar-refractivity contribution >= 4 is 33.2 Å². The number of hydrogen-bond donors (Lipinski definition) is 2. The fraction of sp³-hybridized carbons (Fsp3) is 0.259. The van der Waals surface area contributed by atoms with Crippen LogP contribution in [0.15, 0.2) is 72.8 Å². The lowest BCUT2D eigenvalue weighted by atomic mass is 10.1. The number of rotatable bonds is 8. The predicted molar refractivity (Wildman–Crippen MR) is 140 cm³/mol. The van der Waals surface area contributed by atoms with Crippen molar-refractivity contribution in [1.82, 2.24) is 5.32 Å². The lowest BCUT2D eigenvalue weighted by Gasteiger charge is -2.29. The van der Waals surface area contributed by atoms with Crippen LogP contribution in [-0.4, -0.2) is 32.5 Å². The maximum atomic E-state index is 13.2. The number of nitrogens with one attached hydrogen (secondary N) is 2. The minimum Gasteiger partial charge on any atom is -0.345 e. The van der Waals surface area contributed by atoms with Crippen molar-refractivity contribution in [2.45, 2.75) is 39.8 Å². The van der Waals surface area contributed by atoms with Gasteiger partial charge in [-0.05, 0) is 68.7 Å². The first-order valence-corrected chi connectivity index (χ1v) is 13.2. The molecule has 3 aromatic rings. The summed E-state index contributed by atoms with van der Waals surface area (Å²) in [4.78, 5) is 26.2. The lowest BCUT2D eigenvalue weighted by molar-refractivity contribution is -0.116. The molecule has 3 rings (SSSR count). The number of hydrogen-bond acceptors (Lipinski definition) is 4. The molecular weight excluding hydrogens is 462 g/mol. The van der Waals surface area contributed by atoms with Gasteiger partial charge in [0.1, 0.15) is 6.04 Å². The van der Waals surface area contributed by atoms with Crippen LogP contribution >= 0.6 is 0 Å². The van der Waals surface area contributed by atoms with Crippen molar-refractivity contribution in [3.05, 3.63) is 95.1 Å². The van der Waals surface area contributed by atoms with Gasteiger partial charge in [0.2, 0.25) is 15.9 Å². The van der Waals surface area contributed by atoms with E-state index in [-0.39, 0.29) is 17.5 Å². The summed E-state index contributed by atoms with van der Waals surface area (Å²) < 4.78 is 26.4. The van der Waals surface area contributed by atoms with Crippen molar-refractivity contribution in [1.29, 1.82) is 0 Å². The molecule has 0 aliphatic heterocycles. The summed E-state index contributed by atoms with van der Waals surface area (Å²) in [6, 6.07) is 20.3. The fourth-order valence-corrected chi connectivity index (χ4v) is 5.17. The van der Waals surface area contributed by atoms with Crippen molar-refractivity contribution in [2.75, 3.05) is 15.9 Å². The molecule has 3 aromatic carbocycles. The summed E-state index contributed by atoms with van der Waals surface area (Å²) in [5.41, 5.74) is 3.72. The van der Waals surface area contributed by atoms with Gasteiger partial charge in [-0.25, -0.2) is 8.42 Å². The van der Waals surface area contributed by atoms with Crippen LogP contribution in [0.1, 0.15) is 46.9 Å². The number of sulfonamides is 1. The molecule has 0 saturated carbocycles. The molecule has 0 bridgehead atoms. The van der Waals surface area contributed by atoms with Gasteiger partial charge >= 0.3 is 0 Å². The first kappa shape index (κ1) is 26.0. The molecule has 2 atom stereocenters. The molecule has 0 unspecified atom stereocenters. The highest BCUT2D eigenvalue weighted by Crippen LogP contribution is 2.25. The molecule has 8 heteroatoms. The van der Waals surface area contributed by atoms with Gasteiger partial charge < -0.3 is 10.6 Å². The van der Waals surface area contributed by atoms with Crippen molar-refractivity contribution in [3.8, 4) is 0 Å². The van der Waals surface area contributed by atoms with Crippen LogP contribution in [-0.2, 0) is 14.8 Å². The first-order valence-electron chi connectivity index (χ1n) is 11.3. The van der Waals surface area contributed by atoms with Crippen molar-refractivity contribution < 1.29 is 18.0 Å². The molecule has 0 aromatic heterocycles. The second-order valence-electron chi connectivity index (χ2n) is 8.72. The number of carbonyl (C=O) groups is 2. The molecule has 0 fully saturated rings. The van der Waals surface area contributed by atoms with E-state index in [9.17, 15) is 18.0 Å².